The monoisotopic (exact) mass is 155 g/mol. The summed E-state index contributed by atoms with van der Waals surface area (Å²) in [4.78, 5) is 0. The largest absolute Gasteiger partial charge is 0.440 e. The van der Waals surface area contributed by atoms with E-state index in [4.69, 9.17) is 5.11 Å². The van der Waals surface area contributed by atoms with Gasteiger partial charge in [0.2, 0.25) is 0 Å². The highest BCUT2D eigenvalue weighted by Gasteiger charge is 2.07. The Hall–Kier alpha value is -0.890. The molecule has 0 spiro atoms. The summed E-state index contributed by atoms with van der Waals surface area (Å²) in [5.74, 6) is -0.239. The minimum atomic E-state index is -0.239. The van der Waals surface area contributed by atoms with E-state index in [2.05, 4.69) is 0 Å². The summed E-state index contributed by atoms with van der Waals surface area (Å²) in [6, 6.07) is 6.12. The molecule has 1 aromatic rings. The second kappa shape index (κ2) is 3.49. The minimum absolute atomic E-state index is 0.212. The first-order valence-electron chi connectivity index (χ1n) is 3.70. The highest BCUT2D eigenvalue weighted by atomic mass is 19.1. The van der Waals surface area contributed by atoms with Crippen molar-refractivity contribution in [1.29, 1.82) is 0 Å². The van der Waals surface area contributed by atoms with Crippen LogP contribution in [0.2, 0.25) is 0 Å². The van der Waals surface area contributed by atoms with Gasteiger partial charge in [-0.05, 0) is 24.3 Å². The van der Waals surface area contributed by atoms with Crippen molar-refractivity contribution in [2.45, 2.75) is 19.4 Å². The van der Waals surface area contributed by atoms with Gasteiger partial charge in [0.25, 0.3) is 0 Å². The molecule has 11 heavy (non-hydrogen) atoms. The molecule has 2 N–H and O–H groups in total. The van der Waals surface area contributed by atoms with E-state index in [0.717, 1.165) is 12.0 Å². The molecule has 1 nitrogen and oxygen atoms in total. The lowest BCUT2D eigenvalue weighted by atomic mass is 10.1. The van der Waals surface area contributed by atoms with Gasteiger partial charge in [-0.3, -0.25) is 0 Å². The first-order chi connectivity index (χ1) is 5.24. The van der Waals surface area contributed by atoms with Crippen LogP contribution in [0, 0.1) is 5.82 Å². The van der Waals surface area contributed by atoms with Crippen molar-refractivity contribution < 1.29 is 9.50 Å². The summed E-state index contributed by atoms with van der Waals surface area (Å²) in [5.41, 5.74) is 0.883. The topological polar surface area (TPSA) is 22.9 Å². The predicted octanol–water partition coefficient (Wildman–Crippen LogP) is 2.00. The molecular formula is C9H12FO+. The Kier molecular flexibility index (Phi) is 2.60. The van der Waals surface area contributed by atoms with Crippen molar-refractivity contribution >= 4 is 0 Å². The van der Waals surface area contributed by atoms with Crippen LogP contribution in [0.15, 0.2) is 24.3 Å². The summed E-state index contributed by atoms with van der Waals surface area (Å²) in [5, 5.41) is 7.51. The number of halogens is 1. The Morgan fingerprint density at radius 3 is 2.36 bits per heavy atom. The van der Waals surface area contributed by atoms with Crippen LogP contribution in [0.3, 0.4) is 0 Å². The average molecular weight is 155 g/mol. The van der Waals surface area contributed by atoms with Gasteiger partial charge in [-0.1, -0.05) is 6.92 Å². The molecule has 1 rings (SSSR count). The summed E-state index contributed by atoms with van der Waals surface area (Å²) >= 11 is 0. The van der Waals surface area contributed by atoms with Crippen LogP contribution in [0.5, 0.6) is 0 Å². The van der Waals surface area contributed by atoms with E-state index in [1.807, 2.05) is 6.92 Å². The van der Waals surface area contributed by atoms with Gasteiger partial charge >= 0.3 is 0 Å². The van der Waals surface area contributed by atoms with Crippen molar-refractivity contribution in [3.8, 4) is 0 Å². The molecular weight excluding hydrogens is 143 g/mol. The SMILES string of the molecule is CCC([OH2+])c1ccc(F)cc1. The molecule has 60 valence electrons. The quantitative estimate of drug-likeness (QED) is 0.583. The lowest BCUT2D eigenvalue weighted by Crippen LogP contribution is -1.94. The van der Waals surface area contributed by atoms with E-state index >= 15 is 0 Å². The van der Waals surface area contributed by atoms with E-state index in [-0.39, 0.29) is 11.9 Å². The molecule has 0 aromatic heterocycles. The molecule has 1 atom stereocenters. The standard InChI is InChI=1S/C9H11FO/c1-2-9(11)7-3-5-8(10)6-4-7/h3-6,9,11H,2H2,1H3/p+1. The van der Waals surface area contributed by atoms with Crippen LogP contribution in [0.4, 0.5) is 4.39 Å². The third-order valence-electron chi connectivity index (χ3n) is 1.68. The molecule has 0 saturated carbocycles. The first-order valence-corrected chi connectivity index (χ1v) is 3.70. The van der Waals surface area contributed by atoms with E-state index in [1.165, 1.54) is 12.1 Å². The lowest BCUT2D eigenvalue weighted by Gasteiger charge is -2.02. The number of hydrogen-bond acceptors (Lipinski definition) is 0. The molecule has 0 fully saturated rings. The van der Waals surface area contributed by atoms with E-state index < -0.39 is 0 Å². The lowest BCUT2D eigenvalue weighted by molar-refractivity contribution is 0.173. The van der Waals surface area contributed by atoms with E-state index in [9.17, 15) is 4.39 Å². The van der Waals surface area contributed by atoms with Crippen molar-refractivity contribution in [2.24, 2.45) is 0 Å². The van der Waals surface area contributed by atoms with Gasteiger partial charge in [-0.15, -0.1) is 0 Å². The van der Waals surface area contributed by atoms with Gasteiger partial charge in [0.15, 0.2) is 6.10 Å². The number of rotatable bonds is 2. The maximum atomic E-state index is 12.4. The first kappa shape index (κ1) is 8.21. The van der Waals surface area contributed by atoms with Gasteiger partial charge in [0, 0.05) is 12.0 Å². The van der Waals surface area contributed by atoms with E-state index in [1.54, 1.807) is 12.1 Å². The molecule has 0 amide bonds. The van der Waals surface area contributed by atoms with E-state index in [0.29, 0.717) is 0 Å². The summed E-state index contributed by atoms with van der Waals surface area (Å²) < 4.78 is 12.4. The van der Waals surface area contributed by atoms with Crippen molar-refractivity contribution in [3.63, 3.8) is 0 Å². The molecule has 0 heterocycles. The number of hydrogen-bond donors (Lipinski definition) is 0. The number of benzene rings is 1. The van der Waals surface area contributed by atoms with Crippen molar-refractivity contribution in [3.05, 3.63) is 35.6 Å². The molecule has 0 aliphatic rings. The maximum absolute atomic E-state index is 12.4. The van der Waals surface area contributed by atoms with Gasteiger partial charge < -0.3 is 5.11 Å². The molecule has 0 saturated heterocycles. The second-order valence-electron chi connectivity index (χ2n) is 2.51. The summed E-state index contributed by atoms with van der Waals surface area (Å²) in [6.45, 7) is 1.95. The average Bonchev–Trinajstić information content (AvgIpc) is 2.05. The predicted molar refractivity (Wildman–Crippen MR) is 43.0 cm³/mol. The smallest absolute Gasteiger partial charge is 0.179 e. The maximum Gasteiger partial charge on any atom is 0.179 e. The molecule has 0 radical (unpaired) electrons. The van der Waals surface area contributed by atoms with Crippen molar-refractivity contribution in [1.82, 2.24) is 0 Å². The van der Waals surface area contributed by atoms with Crippen LogP contribution in [-0.2, 0) is 0 Å². The Balaban J connectivity index is 2.81. The van der Waals surface area contributed by atoms with Gasteiger partial charge in [0.05, 0.1) is 0 Å². The fraction of sp³-hybridized carbons (Fsp3) is 0.333. The van der Waals surface area contributed by atoms with Gasteiger partial charge in [-0.2, -0.15) is 0 Å². The normalized spacial score (nSPS) is 13.0. The van der Waals surface area contributed by atoms with Crippen LogP contribution in [0.1, 0.15) is 25.0 Å². The molecule has 1 unspecified atom stereocenters. The van der Waals surface area contributed by atoms with Crippen LogP contribution in [-0.4, -0.2) is 5.11 Å². The Bertz CT molecular complexity index is 218. The molecule has 1 aromatic carbocycles. The van der Waals surface area contributed by atoms with Crippen molar-refractivity contribution in [2.75, 3.05) is 0 Å². The van der Waals surface area contributed by atoms with Crippen LogP contribution < -0.4 is 0 Å². The highest BCUT2D eigenvalue weighted by molar-refractivity contribution is 5.18. The fourth-order valence-corrected chi connectivity index (χ4v) is 0.931. The summed E-state index contributed by atoms with van der Waals surface area (Å²) in [6.07, 6.45) is 0.557. The fourth-order valence-electron chi connectivity index (χ4n) is 0.931. The Morgan fingerprint density at radius 1 is 1.36 bits per heavy atom. The molecule has 0 bridgehead atoms. The second-order valence-corrected chi connectivity index (χ2v) is 2.51. The minimum Gasteiger partial charge on any atom is -0.440 e. The third kappa shape index (κ3) is 2.02. The molecule has 2 heteroatoms. The Labute approximate surface area is 65.5 Å². The zero-order valence-electron chi connectivity index (χ0n) is 6.47. The van der Waals surface area contributed by atoms with Crippen LogP contribution in [0.25, 0.3) is 0 Å². The zero-order valence-corrected chi connectivity index (χ0v) is 6.47. The summed E-state index contributed by atoms with van der Waals surface area (Å²) in [7, 11) is 0. The zero-order chi connectivity index (χ0) is 8.27. The highest BCUT2D eigenvalue weighted by Crippen LogP contribution is 2.15. The Morgan fingerprint density at radius 2 is 1.91 bits per heavy atom. The van der Waals surface area contributed by atoms with Gasteiger partial charge in [0.1, 0.15) is 5.82 Å². The van der Waals surface area contributed by atoms with Crippen LogP contribution >= 0.6 is 0 Å². The molecule has 0 aliphatic carbocycles. The third-order valence-corrected chi connectivity index (χ3v) is 1.68. The van der Waals surface area contributed by atoms with Gasteiger partial charge in [-0.25, -0.2) is 4.39 Å². The molecule has 0 aliphatic heterocycles.